The van der Waals surface area contributed by atoms with Gasteiger partial charge in [0.05, 0.1) is 6.61 Å². The van der Waals surface area contributed by atoms with E-state index in [-0.39, 0.29) is 5.67 Å². The van der Waals surface area contributed by atoms with Gasteiger partial charge in [0.25, 0.3) is 0 Å². The molecule has 0 aliphatic carbocycles. The molecule has 1 N–H and O–H groups in total. The lowest BCUT2D eigenvalue weighted by Crippen LogP contribution is -2.63. The Morgan fingerprint density at radius 1 is 0.909 bits per heavy atom. The number of hydrogen-bond acceptors (Lipinski definition) is 5. The first kappa shape index (κ1) is 21.4. The van der Waals surface area contributed by atoms with Crippen molar-refractivity contribution in [3.05, 3.63) is 0 Å². The Bertz CT molecular complexity index is 269. The monoisotopic (exact) mass is 335 g/mol. The summed E-state index contributed by atoms with van der Waals surface area (Å²) in [6.45, 7) is 11.9. The average molecular weight is 336 g/mol. The van der Waals surface area contributed by atoms with Gasteiger partial charge in [-0.05, 0) is 32.6 Å². The number of alkyl carbamates (subject to hydrolysis) is 1. The molecule has 0 fully saturated rings. The Morgan fingerprint density at radius 3 is 1.68 bits per heavy atom. The van der Waals surface area contributed by atoms with Crippen LogP contribution in [0.25, 0.3) is 0 Å². The Kier molecular flexibility index (Phi) is 12.5. The SMILES string of the molecule is CCCO[Si](OCCC)(OCCC)C(CC)NC(=O)OCC. The maximum Gasteiger partial charge on any atom is 0.524 e. The van der Waals surface area contributed by atoms with E-state index in [9.17, 15) is 4.79 Å². The van der Waals surface area contributed by atoms with Crippen molar-refractivity contribution in [3.63, 3.8) is 0 Å². The third-order valence-corrected chi connectivity index (χ3v) is 6.15. The summed E-state index contributed by atoms with van der Waals surface area (Å²) in [5, 5.41) is 2.86. The molecule has 1 atom stereocenters. The van der Waals surface area contributed by atoms with Crippen LogP contribution in [-0.2, 0) is 18.0 Å². The second kappa shape index (κ2) is 12.9. The second-order valence-electron chi connectivity index (χ2n) is 4.97. The zero-order valence-corrected chi connectivity index (χ0v) is 15.8. The molecule has 0 aromatic carbocycles. The molecule has 0 aromatic rings. The number of rotatable bonds is 13. The van der Waals surface area contributed by atoms with Gasteiger partial charge in [0.15, 0.2) is 0 Å². The highest BCUT2D eigenvalue weighted by Crippen LogP contribution is 2.19. The van der Waals surface area contributed by atoms with Gasteiger partial charge in [-0.15, -0.1) is 0 Å². The third-order valence-electron chi connectivity index (χ3n) is 2.92. The smallest absolute Gasteiger partial charge is 0.450 e. The van der Waals surface area contributed by atoms with Crippen LogP contribution >= 0.6 is 0 Å². The average Bonchev–Trinajstić information content (AvgIpc) is 2.53. The summed E-state index contributed by atoms with van der Waals surface area (Å²) in [7, 11) is -2.99. The first-order valence-electron chi connectivity index (χ1n) is 8.45. The molecule has 0 radical (unpaired) electrons. The predicted molar refractivity (Wildman–Crippen MR) is 88.7 cm³/mol. The van der Waals surface area contributed by atoms with Crippen molar-refractivity contribution in [2.24, 2.45) is 0 Å². The van der Waals surface area contributed by atoms with Gasteiger partial charge in [-0.2, -0.15) is 0 Å². The molecule has 132 valence electrons. The molecule has 22 heavy (non-hydrogen) atoms. The summed E-state index contributed by atoms with van der Waals surface area (Å²) in [6, 6.07) is 0. The molecule has 0 bridgehead atoms. The summed E-state index contributed by atoms with van der Waals surface area (Å²) >= 11 is 0. The van der Waals surface area contributed by atoms with Gasteiger partial charge in [0.1, 0.15) is 5.67 Å². The van der Waals surface area contributed by atoms with Crippen LogP contribution < -0.4 is 5.32 Å². The molecule has 1 unspecified atom stereocenters. The van der Waals surface area contributed by atoms with Gasteiger partial charge in [-0.25, -0.2) is 4.79 Å². The normalized spacial score (nSPS) is 13.0. The lowest BCUT2D eigenvalue weighted by Gasteiger charge is -2.35. The first-order chi connectivity index (χ1) is 10.6. The Morgan fingerprint density at radius 2 is 1.36 bits per heavy atom. The Hall–Kier alpha value is -0.633. The minimum absolute atomic E-state index is 0.295. The molecule has 0 saturated heterocycles. The summed E-state index contributed by atoms with van der Waals surface area (Å²) in [5.41, 5.74) is -0.295. The van der Waals surface area contributed by atoms with Gasteiger partial charge in [-0.1, -0.05) is 27.7 Å². The molecule has 0 rings (SSSR count). The molecular formula is C15H33NO5Si. The molecular weight excluding hydrogens is 302 g/mol. The first-order valence-corrected chi connectivity index (χ1v) is 10.2. The minimum atomic E-state index is -2.99. The Balaban J connectivity index is 5.16. The van der Waals surface area contributed by atoms with Crippen LogP contribution in [0, 0.1) is 0 Å². The van der Waals surface area contributed by atoms with Crippen LogP contribution in [-0.4, -0.2) is 47.0 Å². The third kappa shape index (κ3) is 7.58. The quantitative estimate of drug-likeness (QED) is 0.523. The summed E-state index contributed by atoms with van der Waals surface area (Å²) in [5.74, 6) is 0. The molecule has 0 spiro atoms. The lowest BCUT2D eigenvalue weighted by atomic mass is 10.5. The van der Waals surface area contributed by atoms with Gasteiger partial charge < -0.3 is 23.3 Å². The van der Waals surface area contributed by atoms with E-state index in [1.165, 1.54) is 0 Å². The molecule has 6 nitrogen and oxygen atoms in total. The number of amides is 1. The van der Waals surface area contributed by atoms with E-state index in [0.29, 0.717) is 32.8 Å². The van der Waals surface area contributed by atoms with E-state index in [1.807, 2.05) is 27.7 Å². The summed E-state index contributed by atoms with van der Waals surface area (Å²) < 4.78 is 23.1. The standard InChI is InChI=1S/C15H33NO5Si/c1-6-11-19-22(20-12-7-2,21-13-8-3)14(9-4)16-15(17)18-10-5/h14H,6-13H2,1-5H3,(H,16,17). The van der Waals surface area contributed by atoms with Crippen molar-refractivity contribution >= 4 is 14.9 Å². The van der Waals surface area contributed by atoms with Crippen LogP contribution in [0.15, 0.2) is 0 Å². The van der Waals surface area contributed by atoms with E-state index < -0.39 is 14.9 Å². The highest BCUT2D eigenvalue weighted by molar-refractivity contribution is 6.62. The van der Waals surface area contributed by atoms with E-state index in [1.54, 1.807) is 6.92 Å². The molecule has 0 heterocycles. The molecule has 0 aliphatic heterocycles. The van der Waals surface area contributed by atoms with Crippen LogP contribution in [0.2, 0.25) is 0 Å². The van der Waals surface area contributed by atoms with Crippen LogP contribution in [0.5, 0.6) is 0 Å². The molecule has 0 aromatic heterocycles. The highest BCUT2D eigenvalue weighted by atomic mass is 28.4. The van der Waals surface area contributed by atoms with Gasteiger partial charge in [0.2, 0.25) is 0 Å². The van der Waals surface area contributed by atoms with Crippen LogP contribution in [0.1, 0.15) is 60.3 Å². The van der Waals surface area contributed by atoms with Gasteiger partial charge in [0, 0.05) is 19.8 Å². The van der Waals surface area contributed by atoms with Crippen molar-refractivity contribution in [1.82, 2.24) is 5.32 Å². The number of hydrogen-bond donors (Lipinski definition) is 1. The fourth-order valence-corrected chi connectivity index (χ4v) is 5.03. The number of ether oxygens (including phenoxy) is 1. The largest absolute Gasteiger partial charge is 0.524 e. The van der Waals surface area contributed by atoms with Crippen molar-refractivity contribution in [2.75, 3.05) is 26.4 Å². The van der Waals surface area contributed by atoms with Crippen molar-refractivity contribution in [3.8, 4) is 0 Å². The summed E-state index contributed by atoms with van der Waals surface area (Å²) in [6.07, 6.45) is 2.83. The molecule has 0 saturated carbocycles. The van der Waals surface area contributed by atoms with E-state index in [4.69, 9.17) is 18.0 Å². The fourth-order valence-electron chi connectivity index (χ4n) is 1.92. The van der Waals surface area contributed by atoms with E-state index in [0.717, 1.165) is 19.3 Å². The topological polar surface area (TPSA) is 66.0 Å². The predicted octanol–water partition coefficient (Wildman–Crippen LogP) is 3.27. The van der Waals surface area contributed by atoms with E-state index in [2.05, 4.69) is 5.32 Å². The summed E-state index contributed by atoms with van der Waals surface area (Å²) in [4.78, 5) is 11.8. The Labute approximate surface area is 136 Å². The van der Waals surface area contributed by atoms with Crippen molar-refractivity contribution < 1.29 is 22.8 Å². The molecule has 0 aliphatic rings. The number of carbonyl (C=O) groups excluding carboxylic acids is 1. The number of nitrogens with one attached hydrogen (secondary N) is 1. The maximum atomic E-state index is 11.8. The van der Waals surface area contributed by atoms with E-state index >= 15 is 0 Å². The minimum Gasteiger partial charge on any atom is -0.450 e. The maximum absolute atomic E-state index is 11.8. The van der Waals surface area contributed by atoms with Gasteiger partial charge in [-0.3, -0.25) is 0 Å². The van der Waals surface area contributed by atoms with Crippen LogP contribution in [0.4, 0.5) is 4.79 Å². The second-order valence-corrected chi connectivity index (χ2v) is 7.74. The van der Waals surface area contributed by atoms with Crippen molar-refractivity contribution in [1.29, 1.82) is 0 Å². The van der Waals surface area contributed by atoms with Crippen LogP contribution in [0.3, 0.4) is 0 Å². The van der Waals surface area contributed by atoms with Crippen molar-refractivity contribution in [2.45, 2.75) is 66.0 Å². The lowest BCUT2D eigenvalue weighted by molar-refractivity contribution is 0.0448. The highest BCUT2D eigenvalue weighted by Gasteiger charge is 2.50. The zero-order valence-electron chi connectivity index (χ0n) is 14.8. The molecule has 1 amide bonds. The zero-order chi connectivity index (χ0) is 16.8. The fraction of sp³-hybridized carbons (Fsp3) is 0.933. The number of carbonyl (C=O) groups is 1. The molecule has 7 heteroatoms. The van der Waals surface area contributed by atoms with Gasteiger partial charge >= 0.3 is 14.9 Å².